The lowest BCUT2D eigenvalue weighted by molar-refractivity contribution is -0.00834. The van der Waals surface area contributed by atoms with E-state index in [0.29, 0.717) is 35.9 Å². The number of urea groups is 1. The minimum Gasteiger partial charge on any atom is -0.497 e. The number of nitrogens with zero attached hydrogens (tertiary/aromatic N) is 2. The van der Waals surface area contributed by atoms with Crippen LogP contribution in [0.5, 0.6) is 11.5 Å². The number of methoxy groups -OCH3 is 1. The maximum atomic E-state index is 14.5. The summed E-state index contributed by atoms with van der Waals surface area (Å²) < 4.78 is 46.3. The van der Waals surface area contributed by atoms with E-state index in [9.17, 15) is 23.1 Å². The number of sulfonamides is 1. The first-order chi connectivity index (χ1) is 25.4. The summed E-state index contributed by atoms with van der Waals surface area (Å²) in [6.45, 7) is 5.86. The van der Waals surface area contributed by atoms with Gasteiger partial charge in [0.1, 0.15) is 11.5 Å². The number of benzene rings is 4. The second kappa shape index (κ2) is 17.9. The Kier molecular flexibility index (Phi) is 13.3. The highest BCUT2D eigenvalue weighted by atomic mass is 32.2. The predicted octanol–water partition coefficient (Wildman–Crippen LogP) is 6.61. The molecule has 3 N–H and O–H groups in total. The molecule has 0 saturated carbocycles. The third-order valence-corrected chi connectivity index (χ3v) is 11.4. The molecule has 13 heteroatoms. The molecular formula is C40H50N4O8S. The van der Waals surface area contributed by atoms with E-state index in [1.54, 1.807) is 42.2 Å². The van der Waals surface area contributed by atoms with E-state index in [1.165, 1.54) is 30.6 Å². The number of hydrogen-bond acceptors (Lipinski definition) is 8. The summed E-state index contributed by atoms with van der Waals surface area (Å²) >= 11 is 0. The largest absolute Gasteiger partial charge is 0.497 e. The monoisotopic (exact) mass is 746 g/mol. The number of carbonyl (C=O) groups excluding carboxylic acids is 2. The number of aliphatic hydroxyl groups is 1. The highest BCUT2D eigenvalue weighted by Crippen LogP contribution is 2.30. The highest BCUT2D eigenvalue weighted by molar-refractivity contribution is 7.89. The molecule has 0 saturated heterocycles. The smallest absolute Gasteiger partial charge is 0.323 e. The van der Waals surface area contributed by atoms with Crippen LogP contribution in [0, 0.1) is 5.92 Å². The molecule has 5 rings (SSSR count). The average molecular weight is 747 g/mol. The summed E-state index contributed by atoms with van der Waals surface area (Å²) in [4.78, 5) is 29.4. The zero-order valence-electron chi connectivity index (χ0n) is 30.9. The van der Waals surface area contributed by atoms with Crippen LogP contribution in [0.15, 0.2) is 89.8 Å². The van der Waals surface area contributed by atoms with Gasteiger partial charge in [0.15, 0.2) is 0 Å². The van der Waals surface area contributed by atoms with Crippen molar-refractivity contribution in [3.63, 3.8) is 0 Å². The minimum absolute atomic E-state index is 0.0427. The van der Waals surface area contributed by atoms with Crippen LogP contribution in [0.25, 0.3) is 10.8 Å². The molecule has 0 radical (unpaired) electrons. The van der Waals surface area contributed by atoms with Crippen LogP contribution < -0.4 is 20.1 Å². The quantitative estimate of drug-likeness (QED) is 0.174. The van der Waals surface area contributed by atoms with Gasteiger partial charge in [-0.2, -0.15) is 4.31 Å². The number of hydrogen-bond donors (Lipinski definition) is 3. The van der Waals surface area contributed by atoms with E-state index < -0.39 is 34.1 Å². The fourth-order valence-corrected chi connectivity index (χ4v) is 7.54. The molecule has 1 aliphatic rings. The van der Waals surface area contributed by atoms with Gasteiger partial charge in [-0.1, -0.05) is 43.3 Å². The second-order valence-corrected chi connectivity index (χ2v) is 15.6. The Labute approximate surface area is 312 Å². The first-order valence-corrected chi connectivity index (χ1v) is 19.4. The zero-order valence-corrected chi connectivity index (χ0v) is 31.8. The molecule has 12 nitrogen and oxygen atoms in total. The lowest BCUT2D eigenvalue weighted by atomic mass is 10.0. The van der Waals surface area contributed by atoms with Crippen molar-refractivity contribution < 1.29 is 37.3 Å². The number of ether oxygens (including phenoxy) is 3. The number of aliphatic hydroxyl groups excluding tert-OH is 1. The standard InChI is InChI=1S/C40H50N4O8S/c1-27-24-44(28(2)26-45)39(46)35-23-31(41-40(47)42-36-15-10-13-30-12-6-7-14-34(30)36)16-21-37(35)52-29(3)11-8-9-22-51-38(27)25-43(4)53(48,49)33-19-17-32(50-5)18-20-33/h6-7,10,12-21,23,27-29,38,45H,8-9,11,22,24-26H2,1-5H3,(H2,41,42,47)/t27-,28+,29-,38-/m0/s1. The molecular weight excluding hydrogens is 697 g/mol. The van der Waals surface area contributed by atoms with Gasteiger partial charge in [-0.25, -0.2) is 13.2 Å². The van der Waals surface area contributed by atoms with E-state index in [-0.39, 0.29) is 42.2 Å². The first-order valence-electron chi connectivity index (χ1n) is 17.9. The number of carbonyl (C=O) groups is 2. The molecule has 4 aromatic rings. The Bertz CT molecular complexity index is 1970. The molecule has 3 amide bonds. The maximum absolute atomic E-state index is 14.5. The number of anilines is 2. The molecule has 0 bridgehead atoms. The van der Waals surface area contributed by atoms with Crippen molar-refractivity contribution in [3.8, 4) is 11.5 Å². The Morgan fingerprint density at radius 2 is 1.75 bits per heavy atom. The summed E-state index contributed by atoms with van der Waals surface area (Å²) in [5.74, 6) is 0.153. The van der Waals surface area contributed by atoms with Gasteiger partial charge in [0.25, 0.3) is 5.91 Å². The van der Waals surface area contributed by atoms with Crippen molar-refractivity contribution in [2.75, 3.05) is 51.1 Å². The van der Waals surface area contributed by atoms with Crippen molar-refractivity contribution in [2.45, 2.75) is 63.2 Å². The van der Waals surface area contributed by atoms with E-state index in [2.05, 4.69) is 10.6 Å². The Hall–Kier alpha value is -4.69. The summed E-state index contributed by atoms with van der Waals surface area (Å²) in [5.41, 5.74) is 1.24. The fourth-order valence-electron chi connectivity index (χ4n) is 6.36. The summed E-state index contributed by atoms with van der Waals surface area (Å²) in [5, 5.41) is 17.9. The van der Waals surface area contributed by atoms with Gasteiger partial charge >= 0.3 is 6.03 Å². The minimum atomic E-state index is -3.87. The van der Waals surface area contributed by atoms with Gasteiger partial charge in [0.05, 0.1) is 48.1 Å². The molecule has 0 spiro atoms. The van der Waals surface area contributed by atoms with E-state index in [4.69, 9.17) is 14.2 Å². The van der Waals surface area contributed by atoms with E-state index in [0.717, 1.165) is 23.6 Å². The molecule has 4 atom stereocenters. The van der Waals surface area contributed by atoms with Crippen molar-refractivity contribution in [1.29, 1.82) is 0 Å². The fraction of sp³-hybridized carbons (Fsp3) is 0.400. The van der Waals surface area contributed by atoms with Gasteiger partial charge in [-0.05, 0) is 87.0 Å². The van der Waals surface area contributed by atoms with Crippen LogP contribution in [0.3, 0.4) is 0 Å². The van der Waals surface area contributed by atoms with E-state index in [1.807, 2.05) is 56.3 Å². The third-order valence-electron chi connectivity index (χ3n) is 9.55. The zero-order chi connectivity index (χ0) is 38.1. The van der Waals surface area contributed by atoms with Crippen LogP contribution in [0.4, 0.5) is 16.2 Å². The summed E-state index contributed by atoms with van der Waals surface area (Å²) in [7, 11) is -0.834. The Morgan fingerprint density at radius 1 is 1.02 bits per heavy atom. The van der Waals surface area contributed by atoms with Crippen LogP contribution in [0.2, 0.25) is 0 Å². The average Bonchev–Trinajstić information content (AvgIpc) is 3.16. The van der Waals surface area contributed by atoms with Gasteiger partial charge < -0.3 is 34.9 Å². The molecule has 0 aromatic heterocycles. The molecule has 0 unspecified atom stereocenters. The molecule has 0 fully saturated rings. The maximum Gasteiger partial charge on any atom is 0.323 e. The molecule has 1 heterocycles. The summed E-state index contributed by atoms with van der Waals surface area (Å²) in [6, 6.07) is 23.5. The predicted molar refractivity (Wildman–Crippen MR) is 206 cm³/mol. The van der Waals surface area contributed by atoms with E-state index >= 15 is 0 Å². The van der Waals surface area contributed by atoms with Crippen molar-refractivity contribution >= 4 is 44.1 Å². The van der Waals surface area contributed by atoms with Crippen molar-refractivity contribution in [2.24, 2.45) is 5.92 Å². The number of nitrogens with one attached hydrogen (secondary N) is 2. The lowest BCUT2D eigenvalue weighted by Gasteiger charge is -2.35. The number of rotatable bonds is 9. The third kappa shape index (κ3) is 9.85. The van der Waals surface area contributed by atoms with Gasteiger partial charge in [-0.3, -0.25) is 4.79 Å². The number of likely N-dealkylation sites (N-methyl/N-ethyl adjacent to an activating group) is 1. The van der Waals surface area contributed by atoms with Crippen LogP contribution in [-0.2, 0) is 14.8 Å². The SMILES string of the molecule is COc1ccc(S(=O)(=O)N(C)C[C@@H]2OCCCC[C@H](C)Oc3ccc(NC(=O)Nc4cccc5ccccc45)cc3C(=O)N([C@H](C)CO)C[C@@H]2C)cc1. The molecule has 284 valence electrons. The normalized spacial score (nSPS) is 19.5. The topological polar surface area (TPSA) is 147 Å². The first kappa shape index (κ1) is 39.5. The molecule has 53 heavy (non-hydrogen) atoms. The van der Waals surface area contributed by atoms with Crippen LogP contribution >= 0.6 is 0 Å². The van der Waals surface area contributed by atoms with Gasteiger partial charge in [0.2, 0.25) is 10.0 Å². The van der Waals surface area contributed by atoms with Gasteiger partial charge in [0, 0.05) is 43.7 Å². The van der Waals surface area contributed by atoms with Crippen molar-refractivity contribution in [1.82, 2.24) is 9.21 Å². The second-order valence-electron chi connectivity index (χ2n) is 13.6. The van der Waals surface area contributed by atoms with Crippen molar-refractivity contribution in [3.05, 3.63) is 90.5 Å². The number of fused-ring (bicyclic) bond motifs is 2. The molecule has 1 aliphatic heterocycles. The van der Waals surface area contributed by atoms with Crippen LogP contribution in [0.1, 0.15) is 50.4 Å². The van der Waals surface area contributed by atoms with Crippen LogP contribution in [-0.4, -0.2) is 93.4 Å². The Morgan fingerprint density at radius 3 is 2.49 bits per heavy atom. The lowest BCUT2D eigenvalue weighted by Crippen LogP contribution is -2.48. The van der Waals surface area contributed by atoms with Gasteiger partial charge in [-0.15, -0.1) is 0 Å². The molecule has 0 aliphatic carbocycles. The Balaban J connectivity index is 1.41. The number of amides is 3. The molecule has 4 aromatic carbocycles. The highest BCUT2D eigenvalue weighted by Gasteiger charge is 2.32. The summed E-state index contributed by atoms with van der Waals surface area (Å²) in [6.07, 6.45) is 1.39.